The van der Waals surface area contributed by atoms with Gasteiger partial charge >= 0.3 is 0 Å². The van der Waals surface area contributed by atoms with Gasteiger partial charge in [-0.2, -0.15) is 0 Å². The average molecular weight is 343 g/mol. The summed E-state index contributed by atoms with van der Waals surface area (Å²) in [7, 11) is 0. The Bertz CT molecular complexity index is 758. The summed E-state index contributed by atoms with van der Waals surface area (Å²) in [5, 5.41) is 2.71. The van der Waals surface area contributed by atoms with Crippen LogP contribution < -0.4 is 16.2 Å². The van der Waals surface area contributed by atoms with Crippen molar-refractivity contribution in [1.29, 1.82) is 0 Å². The summed E-state index contributed by atoms with van der Waals surface area (Å²) < 4.78 is 12.8. The molecule has 0 bridgehead atoms. The van der Waals surface area contributed by atoms with Crippen molar-refractivity contribution in [3.8, 4) is 0 Å². The maximum Gasteiger partial charge on any atom is 0.269 e. The molecule has 0 fully saturated rings. The quantitative estimate of drug-likeness (QED) is 0.729. The van der Waals surface area contributed by atoms with Gasteiger partial charge in [0.2, 0.25) is 5.91 Å². The molecule has 0 saturated heterocycles. The van der Waals surface area contributed by atoms with Gasteiger partial charge in [0.1, 0.15) is 5.82 Å². The fourth-order valence-corrected chi connectivity index (χ4v) is 2.01. The highest BCUT2D eigenvalue weighted by molar-refractivity contribution is 5.99. The third kappa shape index (κ3) is 5.42. The zero-order chi connectivity index (χ0) is 18.2. The molecule has 2 aromatic rings. The van der Waals surface area contributed by atoms with Gasteiger partial charge < -0.3 is 5.32 Å². The summed E-state index contributed by atoms with van der Waals surface area (Å²) in [4.78, 5) is 35.3. The number of hydrogen-bond acceptors (Lipinski definition) is 3. The molecular weight excluding hydrogens is 325 g/mol. The molecule has 0 atom stereocenters. The van der Waals surface area contributed by atoms with E-state index in [1.54, 1.807) is 12.1 Å². The molecule has 0 aliphatic rings. The summed E-state index contributed by atoms with van der Waals surface area (Å²) in [6.07, 6.45) is 1.18. The normalized spacial score (nSPS) is 10.0. The fraction of sp³-hybridized carbons (Fsp3) is 0.167. The van der Waals surface area contributed by atoms with E-state index in [0.717, 1.165) is 18.6 Å². The molecule has 130 valence electrons. The molecule has 2 aromatic carbocycles. The van der Waals surface area contributed by atoms with Gasteiger partial charge in [0.25, 0.3) is 11.8 Å². The third-order valence-corrected chi connectivity index (χ3v) is 3.30. The van der Waals surface area contributed by atoms with Crippen LogP contribution in [-0.4, -0.2) is 17.7 Å². The van der Waals surface area contributed by atoms with E-state index in [2.05, 4.69) is 16.2 Å². The van der Waals surface area contributed by atoms with E-state index in [1.165, 1.54) is 24.3 Å². The summed E-state index contributed by atoms with van der Waals surface area (Å²) >= 11 is 0. The van der Waals surface area contributed by atoms with E-state index in [1.807, 2.05) is 6.92 Å². The van der Waals surface area contributed by atoms with Gasteiger partial charge in [-0.3, -0.25) is 25.2 Å². The Morgan fingerprint density at radius 2 is 1.32 bits per heavy atom. The Morgan fingerprint density at radius 1 is 0.840 bits per heavy atom. The van der Waals surface area contributed by atoms with Crippen molar-refractivity contribution < 1.29 is 18.8 Å². The maximum atomic E-state index is 12.8. The number of benzene rings is 2. The van der Waals surface area contributed by atoms with Crippen LogP contribution in [0, 0.1) is 5.82 Å². The van der Waals surface area contributed by atoms with Crippen molar-refractivity contribution in [2.24, 2.45) is 0 Å². The molecule has 0 radical (unpaired) electrons. The van der Waals surface area contributed by atoms with E-state index in [-0.39, 0.29) is 11.5 Å². The topological polar surface area (TPSA) is 87.3 Å². The van der Waals surface area contributed by atoms with Crippen LogP contribution in [0.25, 0.3) is 0 Å². The number of anilines is 1. The van der Waals surface area contributed by atoms with Crippen LogP contribution >= 0.6 is 0 Å². The highest BCUT2D eigenvalue weighted by Crippen LogP contribution is 2.10. The van der Waals surface area contributed by atoms with Gasteiger partial charge in [-0.1, -0.05) is 6.92 Å². The first-order chi connectivity index (χ1) is 12.0. The first-order valence-electron chi connectivity index (χ1n) is 7.75. The summed E-state index contributed by atoms with van der Waals surface area (Å²) in [5.74, 6) is -1.61. The molecule has 0 unspecified atom stereocenters. The minimum absolute atomic E-state index is 0.0914. The minimum atomic E-state index is -0.559. The molecule has 3 amide bonds. The SMILES string of the molecule is CCCC(=O)Nc1ccc(C(=O)NNC(=O)c2ccc(F)cc2)cc1. The maximum absolute atomic E-state index is 12.8. The van der Waals surface area contributed by atoms with E-state index in [9.17, 15) is 18.8 Å². The van der Waals surface area contributed by atoms with Gasteiger partial charge in [0.05, 0.1) is 0 Å². The monoisotopic (exact) mass is 343 g/mol. The van der Waals surface area contributed by atoms with Crippen LogP contribution in [0.3, 0.4) is 0 Å². The largest absolute Gasteiger partial charge is 0.326 e. The lowest BCUT2D eigenvalue weighted by molar-refractivity contribution is -0.116. The van der Waals surface area contributed by atoms with E-state index in [0.29, 0.717) is 17.7 Å². The number of halogens is 1. The second-order valence-electron chi connectivity index (χ2n) is 5.29. The lowest BCUT2D eigenvalue weighted by Gasteiger charge is -2.08. The summed E-state index contributed by atoms with van der Waals surface area (Å²) in [5.41, 5.74) is 5.64. The molecule has 25 heavy (non-hydrogen) atoms. The standard InChI is InChI=1S/C18H18FN3O3/c1-2-3-16(23)20-15-10-6-13(7-11-15)18(25)22-21-17(24)12-4-8-14(19)9-5-12/h4-11H,2-3H2,1H3,(H,20,23)(H,21,24)(H,22,25). The highest BCUT2D eigenvalue weighted by Gasteiger charge is 2.09. The molecule has 3 N–H and O–H groups in total. The van der Waals surface area contributed by atoms with Gasteiger partial charge in [-0.25, -0.2) is 4.39 Å². The Balaban J connectivity index is 1.89. The Morgan fingerprint density at radius 3 is 1.80 bits per heavy atom. The first kappa shape index (κ1) is 18.1. The summed E-state index contributed by atoms with van der Waals surface area (Å²) in [6.45, 7) is 1.91. The first-order valence-corrected chi connectivity index (χ1v) is 7.75. The molecule has 7 heteroatoms. The second-order valence-corrected chi connectivity index (χ2v) is 5.29. The predicted octanol–water partition coefficient (Wildman–Crippen LogP) is 2.64. The molecule has 0 aromatic heterocycles. The van der Waals surface area contributed by atoms with E-state index >= 15 is 0 Å². The number of nitrogens with one attached hydrogen (secondary N) is 3. The number of carbonyl (C=O) groups excluding carboxylic acids is 3. The number of amides is 3. The highest BCUT2D eigenvalue weighted by atomic mass is 19.1. The molecular formula is C18H18FN3O3. The molecule has 0 heterocycles. The van der Waals surface area contributed by atoms with E-state index < -0.39 is 17.6 Å². The van der Waals surface area contributed by atoms with Crippen molar-refractivity contribution in [3.05, 3.63) is 65.5 Å². The van der Waals surface area contributed by atoms with Crippen molar-refractivity contribution in [1.82, 2.24) is 10.9 Å². The van der Waals surface area contributed by atoms with Crippen LogP contribution in [0.2, 0.25) is 0 Å². The third-order valence-electron chi connectivity index (χ3n) is 3.30. The molecule has 0 spiro atoms. The van der Waals surface area contributed by atoms with Gasteiger partial charge in [-0.15, -0.1) is 0 Å². The Labute approximate surface area is 144 Å². The van der Waals surface area contributed by atoms with Crippen LogP contribution in [0.15, 0.2) is 48.5 Å². The molecule has 2 rings (SSSR count). The predicted molar refractivity (Wildman–Crippen MR) is 91.3 cm³/mol. The Hall–Kier alpha value is -3.22. The average Bonchev–Trinajstić information content (AvgIpc) is 2.61. The molecule has 6 nitrogen and oxygen atoms in total. The molecule has 0 saturated carbocycles. The van der Waals surface area contributed by atoms with Crippen molar-refractivity contribution in [3.63, 3.8) is 0 Å². The zero-order valence-corrected chi connectivity index (χ0v) is 13.6. The lowest BCUT2D eigenvalue weighted by Crippen LogP contribution is -2.41. The minimum Gasteiger partial charge on any atom is -0.326 e. The number of rotatable bonds is 5. The number of hydrazine groups is 1. The van der Waals surface area contributed by atoms with Gasteiger partial charge in [-0.05, 0) is 55.0 Å². The van der Waals surface area contributed by atoms with Crippen LogP contribution in [-0.2, 0) is 4.79 Å². The smallest absolute Gasteiger partial charge is 0.269 e. The van der Waals surface area contributed by atoms with Gasteiger partial charge in [0.15, 0.2) is 0 Å². The number of carbonyl (C=O) groups is 3. The zero-order valence-electron chi connectivity index (χ0n) is 13.6. The van der Waals surface area contributed by atoms with Crippen molar-refractivity contribution >= 4 is 23.4 Å². The molecule has 0 aliphatic heterocycles. The number of hydrogen-bond donors (Lipinski definition) is 3. The lowest BCUT2D eigenvalue weighted by atomic mass is 10.2. The van der Waals surface area contributed by atoms with Gasteiger partial charge in [0, 0.05) is 23.2 Å². The fourth-order valence-electron chi connectivity index (χ4n) is 2.01. The van der Waals surface area contributed by atoms with Crippen molar-refractivity contribution in [2.75, 3.05) is 5.32 Å². The van der Waals surface area contributed by atoms with Crippen LogP contribution in [0.1, 0.15) is 40.5 Å². The molecule has 0 aliphatic carbocycles. The van der Waals surface area contributed by atoms with Crippen LogP contribution in [0.5, 0.6) is 0 Å². The van der Waals surface area contributed by atoms with Crippen molar-refractivity contribution in [2.45, 2.75) is 19.8 Å². The second kappa shape index (κ2) is 8.58. The van der Waals surface area contributed by atoms with E-state index in [4.69, 9.17) is 0 Å². The summed E-state index contributed by atoms with van der Waals surface area (Å²) in [6, 6.07) is 11.2. The Kier molecular flexibility index (Phi) is 6.22. The van der Waals surface area contributed by atoms with Crippen LogP contribution in [0.4, 0.5) is 10.1 Å².